The molecule has 4 heteroatoms. The second-order valence-electron chi connectivity index (χ2n) is 5.29. The first-order valence-electron chi connectivity index (χ1n) is 7.51. The van der Waals surface area contributed by atoms with E-state index in [9.17, 15) is 9.59 Å². The number of amides is 2. The number of imide groups is 1. The number of hydrogen-bond acceptors (Lipinski definition) is 3. The third-order valence-electron chi connectivity index (χ3n) is 3.77. The predicted octanol–water partition coefficient (Wildman–Crippen LogP) is 3.39. The van der Waals surface area contributed by atoms with Crippen LogP contribution >= 0.6 is 0 Å². The predicted molar refractivity (Wildman–Crippen MR) is 88.5 cm³/mol. The zero-order valence-electron chi connectivity index (χ0n) is 12.7. The van der Waals surface area contributed by atoms with Gasteiger partial charge in [0.2, 0.25) is 0 Å². The molecule has 0 atom stereocenters. The van der Waals surface area contributed by atoms with Crippen LogP contribution in [0.15, 0.2) is 55.1 Å². The number of ether oxygens (including phenoxy) is 1. The van der Waals surface area contributed by atoms with Crippen LogP contribution in [0.25, 0.3) is 6.08 Å². The lowest BCUT2D eigenvalue weighted by molar-refractivity contribution is 0.0647. The fourth-order valence-electron chi connectivity index (χ4n) is 2.59. The highest BCUT2D eigenvalue weighted by Gasteiger charge is 2.34. The molecule has 1 aliphatic heterocycles. The van der Waals surface area contributed by atoms with Gasteiger partial charge in [0.15, 0.2) is 0 Å². The molecule has 2 aromatic carbocycles. The van der Waals surface area contributed by atoms with Gasteiger partial charge in [-0.15, -0.1) is 0 Å². The molecule has 0 bridgehead atoms. The lowest BCUT2D eigenvalue weighted by atomic mass is 10.1. The molecule has 1 aliphatic rings. The Hall–Kier alpha value is -2.88. The summed E-state index contributed by atoms with van der Waals surface area (Å²) in [5, 5.41) is 0. The number of carbonyl (C=O) groups is 2. The van der Waals surface area contributed by atoms with E-state index in [1.54, 1.807) is 30.3 Å². The monoisotopic (exact) mass is 307 g/mol. The van der Waals surface area contributed by atoms with E-state index in [0.717, 1.165) is 11.3 Å². The summed E-state index contributed by atoms with van der Waals surface area (Å²) in [6, 6.07) is 14.5. The van der Waals surface area contributed by atoms with Crippen LogP contribution in [0.3, 0.4) is 0 Å². The number of hydrogen-bond donors (Lipinski definition) is 0. The average molecular weight is 307 g/mol. The molecular formula is C19H17NO3. The van der Waals surface area contributed by atoms with Crippen molar-refractivity contribution in [2.24, 2.45) is 0 Å². The first-order chi connectivity index (χ1) is 11.2. The molecular weight excluding hydrogens is 290 g/mol. The van der Waals surface area contributed by atoms with Crippen LogP contribution in [0.2, 0.25) is 0 Å². The molecule has 4 nitrogen and oxygen atoms in total. The summed E-state index contributed by atoms with van der Waals surface area (Å²) in [5.74, 6) is 0.309. The fourth-order valence-corrected chi connectivity index (χ4v) is 2.59. The molecule has 0 fully saturated rings. The van der Waals surface area contributed by atoms with Crippen LogP contribution in [0.1, 0.15) is 32.7 Å². The molecule has 3 rings (SSSR count). The van der Waals surface area contributed by atoms with Crippen LogP contribution < -0.4 is 4.74 Å². The molecule has 2 amide bonds. The molecule has 0 unspecified atom stereocenters. The number of fused-ring (bicyclic) bond motifs is 1. The first kappa shape index (κ1) is 15.0. The van der Waals surface area contributed by atoms with Crippen LogP contribution in [-0.4, -0.2) is 29.9 Å². The van der Waals surface area contributed by atoms with Crippen LogP contribution in [0.5, 0.6) is 5.75 Å². The van der Waals surface area contributed by atoms with Crippen LogP contribution in [0.4, 0.5) is 0 Å². The zero-order chi connectivity index (χ0) is 16.2. The number of benzene rings is 2. The molecule has 0 saturated heterocycles. The maximum absolute atomic E-state index is 12.2. The Bertz CT molecular complexity index is 732. The van der Waals surface area contributed by atoms with E-state index in [4.69, 9.17) is 4.74 Å². The normalized spacial score (nSPS) is 13.1. The topological polar surface area (TPSA) is 46.6 Å². The van der Waals surface area contributed by atoms with Gasteiger partial charge in [-0.25, -0.2) is 0 Å². The average Bonchev–Trinajstić information content (AvgIpc) is 2.84. The van der Waals surface area contributed by atoms with E-state index in [-0.39, 0.29) is 11.8 Å². The zero-order valence-corrected chi connectivity index (χ0v) is 12.7. The molecule has 0 spiro atoms. The van der Waals surface area contributed by atoms with Crippen molar-refractivity contribution in [1.82, 2.24) is 4.90 Å². The van der Waals surface area contributed by atoms with Crippen molar-refractivity contribution in [2.75, 3.05) is 13.2 Å². The lowest BCUT2D eigenvalue weighted by Gasteiger charge is -2.14. The second kappa shape index (κ2) is 6.48. The van der Waals surface area contributed by atoms with Gasteiger partial charge in [-0.1, -0.05) is 36.9 Å². The van der Waals surface area contributed by atoms with Gasteiger partial charge in [-0.3, -0.25) is 14.5 Å². The van der Waals surface area contributed by atoms with Gasteiger partial charge in [0.05, 0.1) is 17.7 Å². The van der Waals surface area contributed by atoms with Crippen LogP contribution in [-0.2, 0) is 0 Å². The summed E-state index contributed by atoms with van der Waals surface area (Å²) in [6.45, 7) is 4.51. The standard InChI is InChI=1S/C19H17NO3/c1-2-14-7-5-8-15(13-14)23-12-6-11-20-18(21)16-9-3-4-10-17(16)19(20)22/h2-5,7-10,13H,1,6,11-12H2. The maximum atomic E-state index is 12.2. The molecule has 0 aliphatic carbocycles. The lowest BCUT2D eigenvalue weighted by Crippen LogP contribution is -2.31. The highest BCUT2D eigenvalue weighted by molar-refractivity contribution is 6.21. The molecule has 116 valence electrons. The van der Waals surface area contributed by atoms with E-state index in [0.29, 0.717) is 30.7 Å². The Balaban J connectivity index is 1.55. The summed E-state index contributed by atoms with van der Waals surface area (Å²) in [5.41, 5.74) is 1.96. The Morgan fingerprint density at radius 2 is 1.70 bits per heavy atom. The number of carbonyl (C=O) groups excluding carboxylic acids is 2. The van der Waals surface area contributed by atoms with Gasteiger partial charge < -0.3 is 4.74 Å². The van der Waals surface area contributed by atoms with Crippen molar-refractivity contribution >= 4 is 17.9 Å². The van der Waals surface area contributed by atoms with Crippen molar-refractivity contribution in [2.45, 2.75) is 6.42 Å². The summed E-state index contributed by atoms with van der Waals surface area (Å²) >= 11 is 0. The molecule has 0 aromatic heterocycles. The Kier molecular flexibility index (Phi) is 4.24. The molecule has 2 aromatic rings. The second-order valence-corrected chi connectivity index (χ2v) is 5.29. The van der Waals surface area contributed by atoms with Crippen molar-refractivity contribution in [3.63, 3.8) is 0 Å². The van der Waals surface area contributed by atoms with Gasteiger partial charge in [-0.05, 0) is 36.2 Å². The van der Waals surface area contributed by atoms with Crippen molar-refractivity contribution in [1.29, 1.82) is 0 Å². The third kappa shape index (κ3) is 3.01. The van der Waals surface area contributed by atoms with E-state index in [1.807, 2.05) is 24.3 Å². The van der Waals surface area contributed by atoms with E-state index in [2.05, 4.69) is 6.58 Å². The maximum Gasteiger partial charge on any atom is 0.261 e. The third-order valence-corrected chi connectivity index (χ3v) is 3.77. The molecule has 0 radical (unpaired) electrons. The van der Waals surface area contributed by atoms with Gasteiger partial charge in [0.25, 0.3) is 11.8 Å². The largest absolute Gasteiger partial charge is 0.494 e. The Morgan fingerprint density at radius 3 is 2.35 bits per heavy atom. The Labute approximate surface area is 135 Å². The van der Waals surface area contributed by atoms with Gasteiger partial charge in [-0.2, -0.15) is 0 Å². The van der Waals surface area contributed by atoms with E-state index in [1.165, 1.54) is 4.90 Å². The molecule has 0 N–H and O–H groups in total. The minimum Gasteiger partial charge on any atom is -0.494 e. The fraction of sp³-hybridized carbons (Fsp3) is 0.158. The Morgan fingerprint density at radius 1 is 1.00 bits per heavy atom. The summed E-state index contributed by atoms with van der Waals surface area (Å²) in [4.78, 5) is 25.7. The quantitative estimate of drug-likeness (QED) is 0.607. The van der Waals surface area contributed by atoms with E-state index >= 15 is 0 Å². The number of rotatable bonds is 6. The highest BCUT2D eigenvalue weighted by atomic mass is 16.5. The molecule has 1 heterocycles. The molecule has 23 heavy (non-hydrogen) atoms. The minimum absolute atomic E-state index is 0.223. The summed E-state index contributed by atoms with van der Waals surface area (Å²) in [7, 11) is 0. The van der Waals surface area contributed by atoms with Gasteiger partial charge >= 0.3 is 0 Å². The molecule has 0 saturated carbocycles. The summed E-state index contributed by atoms with van der Waals surface area (Å²) in [6.07, 6.45) is 2.34. The van der Waals surface area contributed by atoms with Gasteiger partial charge in [0, 0.05) is 6.54 Å². The van der Waals surface area contributed by atoms with E-state index < -0.39 is 0 Å². The smallest absolute Gasteiger partial charge is 0.261 e. The van der Waals surface area contributed by atoms with Crippen molar-refractivity contribution in [3.05, 3.63) is 71.8 Å². The number of nitrogens with zero attached hydrogens (tertiary/aromatic N) is 1. The highest BCUT2D eigenvalue weighted by Crippen LogP contribution is 2.22. The van der Waals surface area contributed by atoms with Crippen molar-refractivity contribution < 1.29 is 14.3 Å². The van der Waals surface area contributed by atoms with Gasteiger partial charge in [0.1, 0.15) is 5.75 Å². The van der Waals surface area contributed by atoms with Crippen LogP contribution in [0, 0.1) is 0 Å². The minimum atomic E-state index is -0.223. The van der Waals surface area contributed by atoms with Crippen molar-refractivity contribution in [3.8, 4) is 5.75 Å². The SMILES string of the molecule is C=Cc1cccc(OCCCN2C(=O)c3ccccc3C2=O)c1. The first-order valence-corrected chi connectivity index (χ1v) is 7.51. The summed E-state index contributed by atoms with van der Waals surface area (Å²) < 4.78 is 5.66.